The molecule has 0 fully saturated rings. The van der Waals surface area contributed by atoms with Gasteiger partial charge in [-0.3, -0.25) is 4.79 Å². The van der Waals surface area contributed by atoms with Crippen LogP contribution in [0.25, 0.3) is 0 Å². The lowest BCUT2D eigenvalue weighted by Gasteiger charge is -2.23. The number of hydrogen-bond donors (Lipinski definition) is 3. The van der Waals surface area contributed by atoms with Crippen molar-refractivity contribution in [2.45, 2.75) is 39.5 Å². The summed E-state index contributed by atoms with van der Waals surface area (Å²) in [5.74, 6) is -0.779. The van der Waals surface area contributed by atoms with Crippen molar-refractivity contribution in [3.63, 3.8) is 0 Å². The monoisotopic (exact) mass is 256 g/mol. The number of carbonyl (C=O) groups excluding carboxylic acids is 1. The van der Waals surface area contributed by atoms with E-state index in [0.29, 0.717) is 19.5 Å². The third-order valence-electron chi connectivity index (χ3n) is 2.74. The Labute approximate surface area is 109 Å². The fourth-order valence-electron chi connectivity index (χ4n) is 1.44. The summed E-state index contributed by atoms with van der Waals surface area (Å²) in [4.78, 5) is 21.8. The normalized spacial score (nSPS) is 10.8. The van der Waals surface area contributed by atoms with Gasteiger partial charge in [0.2, 0.25) is 0 Å². The van der Waals surface area contributed by atoms with E-state index in [1.807, 2.05) is 13.8 Å². The van der Waals surface area contributed by atoms with Crippen molar-refractivity contribution in [3.8, 4) is 0 Å². The van der Waals surface area contributed by atoms with E-state index in [9.17, 15) is 9.59 Å². The summed E-state index contributed by atoms with van der Waals surface area (Å²) in [5.41, 5.74) is -0.0766. The van der Waals surface area contributed by atoms with Crippen LogP contribution in [0.5, 0.6) is 0 Å². The SMILES string of the molecule is C=CCCNC(=O)NCCC(C)(C)CCC(=O)O. The molecule has 3 N–H and O–H groups in total. The van der Waals surface area contributed by atoms with Crippen LogP contribution in [0.3, 0.4) is 0 Å². The maximum Gasteiger partial charge on any atom is 0.314 e. The Morgan fingerprint density at radius 3 is 2.39 bits per heavy atom. The standard InChI is InChI=1S/C13H24N2O3/c1-4-5-9-14-12(18)15-10-8-13(2,3)7-6-11(16)17/h4H,1,5-10H2,2-3H3,(H,16,17)(H2,14,15,18). The minimum Gasteiger partial charge on any atom is -0.481 e. The number of carbonyl (C=O) groups is 2. The van der Waals surface area contributed by atoms with Crippen molar-refractivity contribution < 1.29 is 14.7 Å². The predicted octanol–water partition coefficient (Wildman–Crippen LogP) is 2.14. The number of rotatable bonds is 9. The van der Waals surface area contributed by atoms with Crippen molar-refractivity contribution in [1.82, 2.24) is 10.6 Å². The van der Waals surface area contributed by atoms with E-state index in [1.54, 1.807) is 6.08 Å². The molecule has 0 aromatic heterocycles. The first-order valence-electron chi connectivity index (χ1n) is 6.22. The topological polar surface area (TPSA) is 78.4 Å². The van der Waals surface area contributed by atoms with Crippen molar-refractivity contribution >= 4 is 12.0 Å². The number of hydrogen-bond acceptors (Lipinski definition) is 2. The van der Waals surface area contributed by atoms with Crippen molar-refractivity contribution in [1.29, 1.82) is 0 Å². The van der Waals surface area contributed by atoms with E-state index in [2.05, 4.69) is 17.2 Å². The number of aliphatic carboxylic acids is 1. The minimum atomic E-state index is -0.779. The average Bonchev–Trinajstić information content (AvgIpc) is 2.27. The highest BCUT2D eigenvalue weighted by Crippen LogP contribution is 2.25. The van der Waals surface area contributed by atoms with Crippen LogP contribution in [-0.4, -0.2) is 30.2 Å². The van der Waals surface area contributed by atoms with Gasteiger partial charge in [0, 0.05) is 19.5 Å². The zero-order valence-corrected chi connectivity index (χ0v) is 11.3. The first kappa shape index (κ1) is 16.5. The summed E-state index contributed by atoms with van der Waals surface area (Å²) >= 11 is 0. The first-order valence-corrected chi connectivity index (χ1v) is 6.22. The Balaban J connectivity index is 3.71. The molecule has 0 aromatic carbocycles. The van der Waals surface area contributed by atoms with Crippen molar-refractivity contribution in [2.24, 2.45) is 5.41 Å². The van der Waals surface area contributed by atoms with Crippen LogP contribution < -0.4 is 10.6 Å². The zero-order chi connectivity index (χ0) is 14.0. The molecule has 104 valence electrons. The molecule has 0 saturated heterocycles. The van der Waals surface area contributed by atoms with Crippen LogP contribution in [0, 0.1) is 5.41 Å². The molecule has 0 aliphatic rings. The smallest absolute Gasteiger partial charge is 0.314 e. The van der Waals surface area contributed by atoms with E-state index in [4.69, 9.17) is 5.11 Å². The van der Waals surface area contributed by atoms with Crippen LogP contribution in [0.15, 0.2) is 12.7 Å². The lowest BCUT2D eigenvalue weighted by Crippen LogP contribution is -2.37. The molecule has 0 radical (unpaired) electrons. The molecule has 0 spiro atoms. The Bertz CT molecular complexity index is 288. The molecule has 0 bridgehead atoms. The van der Waals surface area contributed by atoms with Gasteiger partial charge in [0.1, 0.15) is 0 Å². The molecule has 0 atom stereocenters. The van der Waals surface area contributed by atoms with Crippen LogP contribution in [0.2, 0.25) is 0 Å². The highest BCUT2D eigenvalue weighted by Gasteiger charge is 2.18. The maximum absolute atomic E-state index is 11.3. The molecule has 0 heterocycles. The first-order chi connectivity index (χ1) is 8.37. The van der Waals surface area contributed by atoms with E-state index < -0.39 is 5.97 Å². The van der Waals surface area contributed by atoms with Crippen molar-refractivity contribution in [2.75, 3.05) is 13.1 Å². The van der Waals surface area contributed by atoms with E-state index in [1.165, 1.54) is 0 Å². The Morgan fingerprint density at radius 1 is 1.22 bits per heavy atom. The molecule has 0 aliphatic carbocycles. The van der Waals surface area contributed by atoms with Gasteiger partial charge in [0.05, 0.1) is 0 Å². The molecule has 0 unspecified atom stereocenters. The van der Waals surface area contributed by atoms with Gasteiger partial charge < -0.3 is 15.7 Å². The zero-order valence-electron chi connectivity index (χ0n) is 11.3. The summed E-state index contributed by atoms with van der Waals surface area (Å²) in [7, 11) is 0. The Hall–Kier alpha value is -1.52. The molecular formula is C13H24N2O3. The lowest BCUT2D eigenvalue weighted by molar-refractivity contribution is -0.137. The molecule has 0 aliphatic heterocycles. The predicted molar refractivity (Wildman–Crippen MR) is 71.5 cm³/mol. The number of carboxylic acid groups (broad SMARTS) is 1. The largest absolute Gasteiger partial charge is 0.481 e. The highest BCUT2D eigenvalue weighted by molar-refractivity contribution is 5.73. The quantitative estimate of drug-likeness (QED) is 0.437. The second-order valence-electron chi connectivity index (χ2n) is 5.07. The molecule has 18 heavy (non-hydrogen) atoms. The molecule has 0 saturated carbocycles. The summed E-state index contributed by atoms with van der Waals surface area (Å²) in [6, 6.07) is -0.189. The summed E-state index contributed by atoms with van der Waals surface area (Å²) in [6.07, 6.45) is 4.03. The lowest BCUT2D eigenvalue weighted by atomic mass is 9.84. The number of amides is 2. The van der Waals surface area contributed by atoms with E-state index in [-0.39, 0.29) is 17.9 Å². The van der Waals surface area contributed by atoms with Crippen LogP contribution in [0.4, 0.5) is 4.79 Å². The fraction of sp³-hybridized carbons (Fsp3) is 0.692. The fourth-order valence-corrected chi connectivity index (χ4v) is 1.44. The van der Waals surface area contributed by atoms with Gasteiger partial charge in [0.15, 0.2) is 0 Å². The maximum atomic E-state index is 11.3. The van der Waals surface area contributed by atoms with Gasteiger partial charge in [-0.15, -0.1) is 6.58 Å². The third-order valence-corrected chi connectivity index (χ3v) is 2.74. The summed E-state index contributed by atoms with van der Waals surface area (Å²) < 4.78 is 0. The second-order valence-corrected chi connectivity index (χ2v) is 5.07. The van der Waals surface area contributed by atoms with Crippen LogP contribution >= 0.6 is 0 Å². The van der Waals surface area contributed by atoms with Gasteiger partial charge in [-0.05, 0) is 24.7 Å². The number of nitrogens with one attached hydrogen (secondary N) is 2. The van der Waals surface area contributed by atoms with Gasteiger partial charge in [-0.2, -0.15) is 0 Å². The second kappa shape index (κ2) is 8.55. The molecule has 5 nitrogen and oxygen atoms in total. The number of urea groups is 1. The van der Waals surface area contributed by atoms with Gasteiger partial charge in [-0.1, -0.05) is 19.9 Å². The Morgan fingerprint density at radius 2 is 1.83 bits per heavy atom. The molecular weight excluding hydrogens is 232 g/mol. The van der Waals surface area contributed by atoms with Crippen LogP contribution in [0.1, 0.15) is 39.5 Å². The molecule has 2 amide bonds. The van der Waals surface area contributed by atoms with Gasteiger partial charge in [-0.25, -0.2) is 4.79 Å². The van der Waals surface area contributed by atoms with E-state index >= 15 is 0 Å². The summed E-state index contributed by atoms with van der Waals surface area (Å²) in [5, 5.41) is 14.1. The summed E-state index contributed by atoms with van der Waals surface area (Å²) in [6.45, 7) is 8.71. The minimum absolute atomic E-state index is 0.0766. The van der Waals surface area contributed by atoms with Gasteiger partial charge in [0.25, 0.3) is 0 Å². The Kier molecular flexibility index (Phi) is 7.83. The average molecular weight is 256 g/mol. The molecule has 0 rings (SSSR count). The highest BCUT2D eigenvalue weighted by atomic mass is 16.4. The third kappa shape index (κ3) is 9.69. The van der Waals surface area contributed by atoms with Crippen molar-refractivity contribution in [3.05, 3.63) is 12.7 Å². The number of carboxylic acids is 1. The molecule has 0 aromatic rings. The van der Waals surface area contributed by atoms with Gasteiger partial charge >= 0.3 is 12.0 Å². The van der Waals surface area contributed by atoms with E-state index in [0.717, 1.165) is 12.8 Å². The van der Waals surface area contributed by atoms with Crippen LogP contribution in [-0.2, 0) is 4.79 Å². The molecule has 5 heteroatoms.